The second-order valence-corrected chi connectivity index (χ2v) is 11.9. The van der Waals surface area contributed by atoms with Crippen LogP contribution in [0.25, 0.3) is 0 Å². The third-order valence-corrected chi connectivity index (χ3v) is 10.4. The Morgan fingerprint density at radius 2 is 1.88 bits per heavy atom. The number of hydrogen-bond acceptors (Lipinski definition) is 5. The van der Waals surface area contributed by atoms with E-state index in [1.165, 1.54) is 6.42 Å². The molecule has 8 heteroatoms. The third-order valence-electron chi connectivity index (χ3n) is 8.35. The molecule has 3 heterocycles. The maximum Gasteiger partial charge on any atom is 0.244 e. The molecule has 3 unspecified atom stereocenters. The molecular formula is C26H35N3O4S. The van der Waals surface area contributed by atoms with Crippen molar-refractivity contribution in [3.8, 4) is 0 Å². The predicted octanol–water partition coefficient (Wildman–Crippen LogP) is 2.79. The van der Waals surface area contributed by atoms with E-state index < -0.39 is 22.6 Å². The van der Waals surface area contributed by atoms with Crippen molar-refractivity contribution in [3.05, 3.63) is 30.3 Å². The Morgan fingerprint density at radius 3 is 2.59 bits per heavy atom. The molecule has 3 N–H and O–H groups in total. The molecule has 2 bridgehead atoms. The molecule has 3 saturated heterocycles. The number of fused-ring (bicyclic) bond motifs is 1. The van der Waals surface area contributed by atoms with Crippen LogP contribution in [-0.4, -0.2) is 63.0 Å². The van der Waals surface area contributed by atoms with E-state index in [-0.39, 0.29) is 41.5 Å². The number of rotatable bonds is 7. The quantitative estimate of drug-likeness (QED) is 0.552. The van der Waals surface area contributed by atoms with Gasteiger partial charge in [-0.15, -0.1) is 11.8 Å². The molecule has 184 valence electrons. The molecule has 3 aliphatic heterocycles. The first-order chi connectivity index (χ1) is 16.5. The number of anilines is 1. The molecule has 34 heavy (non-hydrogen) atoms. The largest absolute Gasteiger partial charge is 0.396 e. The van der Waals surface area contributed by atoms with Crippen LogP contribution in [0.2, 0.25) is 0 Å². The summed E-state index contributed by atoms with van der Waals surface area (Å²) < 4.78 is -0.603. The first kappa shape index (κ1) is 23.7. The van der Waals surface area contributed by atoms with Crippen LogP contribution in [0, 0.1) is 17.8 Å². The van der Waals surface area contributed by atoms with Gasteiger partial charge < -0.3 is 20.6 Å². The van der Waals surface area contributed by atoms with Gasteiger partial charge in [-0.25, -0.2) is 0 Å². The molecule has 1 aliphatic carbocycles. The van der Waals surface area contributed by atoms with E-state index in [1.807, 2.05) is 30.3 Å². The summed E-state index contributed by atoms with van der Waals surface area (Å²) >= 11 is 1.70. The molecule has 4 aliphatic rings. The first-order valence-corrected chi connectivity index (χ1v) is 13.6. The van der Waals surface area contributed by atoms with Gasteiger partial charge in [-0.3, -0.25) is 14.4 Å². The molecular weight excluding hydrogens is 450 g/mol. The maximum atomic E-state index is 13.9. The Bertz CT molecular complexity index is 937. The molecule has 5 rings (SSSR count). The number of benzene rings is 1. The molecule has 1 aromatic rings. The molecule has 1 saturated carbocycles. The van der Waals surface area contributed by atoms with Crippen molar-refractivity contribution >= 4 is 35.2 Å². The van der Waals surface area contributed by atoms with Gasteiger partial charge in [-0.05, 0) is 43.7 Å². The van der Waals surface area contributed by atoms with Gasteiger partial charge in [-0.1, -0.05) is 44.4 Å². The van der Waals surface area contributed by atoms with Crippen molar-refractivity contribution < 1.29 is 19.5 Å². The molecule has 1 aromatic carbocycles. The summed E-state index contributed by atoms with van der Waals surface area (Å²) in [4.78, 5) is 42.8. The second-order valence-electron chi connectivity index (χ2n) is 10.4. The molecule has 3 amide bonds. The normalized spacial score (nSPS) is 34.8. The minimum Gasteiger partial charge on any atom is -0.396 e. The van der Waals surface area contributed by atoms with Crippen molar-refractivity contribution in [3.63, 3.8) is 0 Å². The van der Waals surface area contributed by atoms with Crippen LogP contribution in [-0.2, 0) is 14.4 Å². The summed E-state index contributed by atoms with van der Waals surface area (Å²) in [6.45, 7) is 2.43. The van der Waals surface area contributed by atoms with Crippen LogP contribution in [0.3, 0.4) is 0 Å². The number of hydrogen-bond donors (Lipinski definition) is 3. The molecule has 7 nitrogen and oxygen atoms in total. The fourth-order valence-electron chi connectivity index (χ4n) is 6.88. The summed E-state index contributed by atoms with van der Waals surface area (Å²) in [7, 11) is 0. The van der Waals surface area contributed by atoms with Crippen molar-refractivity contribution in [2.45, 2.75) is 74.0 Å². The van der Waals surface area contributed by atoms with Gasteiger partial charge in [-0.2, -0.15) is 0 Å². The van der Waals surface area contributed by atoms with Gasteiger partial charge in [0.25, 0.3) is 0 Å². The molecule has 0 aromatic heterocycles. The number of amides is 3. The zero-order chi connectivity index (χ0) is 23.9. The fourth-order valence-corrected chi connectivity index (χ4v) is 9.30. The zero-order valence-electron chi connectivity index (χ0n) is 19.7. The van der Waals surface area contributed by atoms with Gasteiger partial charge in [0, 0.05) is 30.1 Å². The summed E-state index contributed by atoms with van der Waals surface area (Å²) in [5.74, 6) is -1.14. The number of carbonyl (C=O) groups excluding carboxylic acids is 3. The molecule has 1 spiro atoms. The van der Waals surface area contributed by atoms with Crippen molar-refractivity contribution in [1.29, 1.82) is 0 Å². The summed E-state index contributed by atoms with van der Waals surface area (Å²) in [5, 5.41) is 15.8. The van der Waals surface area contributed by atoms with Gasteiger partial charge >= 0.3 is 0 Å². The van der Waals surface area contributed by atoms with Crippen molar-refractivity contribution in [2.24, 2.45) is 17.8 Å². The van der Waals surface area contributed by atoms with Gasteiger partial charge in [0.2, 0.25) is 17.7 Å². The number of likely N-dealkylation sites (tertiary alicyclic amines) is 1. The van der Waals surface area contributed by atoms with E-state index >= 15 is 0 Å². The van der Waals surface area contributed by atoms with E-state index in [4.69, 9.17) is 0 Å². The van der Waals surface area contributed by atoms with E-state index in [0.717, 1.165) is 37.8 Å². The lowest BCUT2D eigenvalue weighted by atomic mass is 9.65. The monoisotopic (exact) mass is 485 g/mol. The maximum absolute atomic E-state index is 13.9. The lowest BCUT2D eigenvalue weighted by Crippen LogP contribution is -2.58. The Kier molecular flexibility index (Phi) is 6.64. The fraction of sp³-hybridized carbons (Fsp3) is 0.654. The lowest BCUT2D eigenvalue weighted by Gasteiger charge is -2.39. The predicted molar refractivity (Wildman–Crippen MR) is 132 cm³/mol. The summed E-state index contributed by atoms with van der Waals surface area (Å²) in [5.41, 5.74) is 0.719. The number of thioether (sulfide) groups is 1. The zero-order valence-corrected chi connectivity index (χ0v) is 20.6. The van der Waals surface area contributed by atoms with Gasteiger partial charge in [0.05, 0.1) is 16.6 Å². The van der Waals surface area contributed by atoms with Crippen LogP contribution in [0.5, 0.6) is 0 Å². The number of aliphatic hydroxyl groups is 1. The number of aliphatic hydroxyl groups excluding tert-OH is 1. The lowest BCUT2D eigenvalue weighted by molar-refractivity contribution is -0.139. The molecule has 6 atom stereocenters. The minimum atomic E-state index is -0.603. The van der Waals surface area contributed by atoms with Crippen LogP contribution in [0.4, 0.5) is 5.69 Å². The highest BCUT2D eigenvalue weighted by Crippen LogP contribution is 2.68. The number of para-hydroxylation sites is 1. The third kappa shape index (κ3) is 3.83. The topological polar surface area (TPSA) is 98.7 Å². The number of nitrogens with one attached hydrogen (secondary N) is 2. The standard InChI is InChI=1S/C26H35N3O4S/c1-16-15-19-20(23(31)27-17-9-4-2-5-10-17)21-25(33)29(13-8-14-30)22(26(16,21)34-19)24(32)28-18-11-6-3-7-12-18/h2,4-5,9-10,16,18-22,30H,3,6-8,11-15H2,1H3,(H,27,31)(H,28,32)/t16?,19-,20+,21-,22?,26?/m0/s1. The minimum absolute atomic E-state index is 0.0256. The Labute approximate surface area is 205 Å². The molecule has 0 radical (unpaired) electrons. The van der Waals surface area contributed by atoms with E-state index in [0.29, 0.717) is 13.0 Å². The highest BCUT2D eigenvalue weighted by molar-refractivity contribution is 8.02. The highest BCUT2D eigenvalue weighted by Gasteiger charge is 2.75. The van der Waals surface area contributed by atoms with E-state index in [1.54, 1.807) is 16.7 Å². The first-order valence-electron chi connectivity index (χ1n) is 12.7. The van der Waals surface area contributed by atoms with Gasteiger partial charge in [0.1, 0.15) is 6.04 Å². The van der Waals surface area contributed by atoms with Crippen LogP contribution in [0.15, 0.2) is 30.3 Å². The van der Waals surface area contributed by atoms with E-state index in [9.17, 15) is 19.5 Å². The Morgan fingerprint density at radius 1 is 1.15 bits per heavy atom. The smallest absolute Gasteiger partial charge is 0.244 e. The average molecular weight is 486 g/mol. The number of carbonyl (C=O) groups is 3. The second kappa shape index (κ2) is 9.53. The Hall–Kier alpha value is -2.06. The summed E-state index contributed by atoms with van der Waals surface area (Å²) in [6.07, 6.45) is 6.64. The van der Waals surface area contributed by atoms with Crippen LogP contribution in [0.1, 0.15) is 51.9 Å². The molecule has 4 fully saturated rings. The van der Waals surface area contributed by atoms with Crippen LogP contribution < -0.4 is 10.6 Å². The Balaban J connectivity index is 1.45. The van der Waals surface area contributed by atoms with Gasteiger partial charge in [0.15, 0.2) is 0 Å². The van der Waals surface area contributed by atoms with Crippen molar-refractivity contribution in [1.82, 2.24) is 10.2 Å². The van der Waals surface area contributed by atoms with Crippen molar-refractivity contribution in [2.75, 3.05) is 18.5 Å². The van der Waals surface area contributed by atoms with Crippen LogP contribution >= 0.6 is 11.8 Å². The highest BCUT2D eigenvalue weighted by atomic mass is 32.2. The van der Waals surface area contributed by atoms with E-state index in [2.05, 4.69) is 17.6 Å². The summed E-state index contributed by atoms with van der Waals surface area (Å²) in [6, 6.07) is 8.90. The average Bonchev–Trinajstić information content (AvgIpc) is 3.42. The number of nitrogens with zero attached hydrogens (tertiary/aromatic N) is 1. The SMILES string of the molecule is CC1C[C@@H]2SC13C(C(=O)NC1CCCCC1)N(CCCO)C(=O)[C@@H]3[C@@H]2C(=O)Nc1ccccc1.